The first-order valence-corrected chi connectivity index (χ1v) is 7.43. The van der Waals surface area contributed by atoms with E-state index in [0.717, 1.165) is 17.9 Å². The first kappa shape index (κ1) is 14.1. The Morgan fingerprint density at radius 1 is 1.63 bits per heavy atom. The van der Waals surface area contributed by atoms with Crippen LogP contribution in [0.4, 0.5) is 0 Å². The highest BCUT2D eigenvalue weighted by Crippen LogP contribution is 2.24. The molecular weight excluding hydrogens is 264 g/mol. The van der Waals surface area contributed by atoms with E-state index in [0.29, 0.717) is 24.6 Å². The third-order valence-electron chi connectivity index (χ3n) is 2.77. The second kappa shape index (κ2) is 7.35. The summed E-state index contributed by atoms with van der Waals surface area (Å²) >= 11 is 1.86. The molecule has 0 spiro atoms. The summed E-state index contributed by atoms with van der Waals surface area (Å²) < 4.78 is 10.7. The molecule has 0 aromatic carbocycles. The van der Waals surface area contributed by atoms with E-state index in [1.165, 1.54) is 0 Å². The normalized spacial score (nSPS) is 18.3. The number of thioether (sulfide) groups is 1. The predicted molar refractivity (Wildman–Crippen MR) is 74.8 cm³/mol. The number of nitrogens with zero attached hydrogens (tertiary/aromatic N) is 1. The van der Waals surface area contributed by atoms with Gasteiger partial charge in [-0.1, -0.05) is 0 Å². The predicted octanol–water partition coefficient (Wildman–Crippen LogP) is 1.34. The highest BCUT2D eigenvalue weighted by atomic mass is 32.2. The van der Waals surface area contributed by atoms with Gasteiger partial charge in [0.1, 0.15) is 11.7 Å². The SMILES string of the molecule is COCCNC(=O)c1cccnc1OC1CCSC1. The number of hydrogen-bond acceptors (Lipinski definition) is 5. The maximum Gasteiger partial charge on any atom is 0.256 e. The zero-order valence-corrected chi connectivity index (χ0v) is 11.7. The molecule has 1 aliphatic rings. The van der Waals surface area contributed by atoms with Gasteiger partial charge >= 0.3 is 0 Å². The highest BCUT2D eigenvalue weighted by Gasteiger charge is 2.21. The molecule has 0 saturated carbocycles. The number of rotatable bonds is 6. The Kier molecular flexibility index (Phi) is 5.47. The lowest BCUT2D eigenvalue weighted by atomic mass is 10.2. The molecule has 1 N–H and O–H groups in total. The van der Waals surface area contributed by atoms with Gasteiger partial charge in [-0.2, -0.15) is 11.8 Å². The van der Waals surface area contributed by atoms with Crippen molar-refractivity contribution in [1.29, 1.82) is 0 Å². The van der Waals surface area contributed by atoms with Gasteiger partial charge < -0.3 is 14.8 Å². The van der Waals surface area contributed by atoms with Gasteiger partial charge in [0.05, 0.1) is 6.61 Å². The van der Waals surface area contributed by atoms with Gasteiger partial charge in [-0.3, -0.25) is 4.79 Å². The fraction of sp³-hybridized carbons (Fsp3) is 0.538. The maximum absolute atomic E-state index is 12.0. The van der Waals surface area contributed by atoms with Crippen LogP contribution in [0.2, 0.25) is 0 Å². The van der Waals surface area contributed by atoms with Gasteiger partial charge in [-0.05, 0) is 24.3 Å². The molecule has 1 aromatic rings. The second-order valence-electron chi connectivity index (χ2n) is 4.21. The van der Waals surface area contributed by atoms with Crippen LogP contribution < -0.4 is 10.1 Å². The summed E-state index contributed by atoms with van der Waals surface area (Å²) in [5, 5.41) is 2.78. The van der Waals surface area contributed by atoms with Crippen molar-refractivity contribution in [3.8, 4) is 5.88 Å². The fourth-order valence-electron chi connectivity index (χ4n) is 1.78. The van der Waals surface area contributed by atoms with E-state index >= 15 is 0 Å². The third kappa shape index (κ3) is 4.11. The minimum atomic E-state index is -0.175. The van der Waals surface area contributed by atoms with E-state index in [4.69, 9.17) is 9.47 Å². The molecule has 0 bridgehead atoms. The molecule has 0 radical (unpaired) electrons. The first-order chi connectivity index (χ1) is 9.31. The van der Waals surface area contributed by atoms with Gasteiger partial charge in [-0.15, -0.1) is 0 Å². The molecular formula is C13H18N2O3S. The summed E-state index contributed by atoms with van der Waals surface area (Å²) in [6, 6.07) is 3.47. The van der Waals surface area contributed by atoms with Gasteiger partial charge in [0.2, 0.25) is 5.88 Å². The van der Waals surface area contributed by atoms with Gasteiger partial charge in [0, 0.05) is 25.6 Å². The number of ether oxygens (including phenoxy) is 2. The van der Waals surface area contributed by atoms with E-state index in [9.17, 15) is 4.79 Å². The van der Waals surface area contributed by atoms with Crippen molar-refractivity contribution in [3.63, 3.8) is 0 Å². The van der Waals surface area contributed by atoms with Crippen molar-refractivity contribution in [2.24, 2.45) is 0 Å². The Balaban J connectivity index is 2.00. The van der Waals surface area contributed by atoms with E-state index in [1.807, 2.05) is 11.8 Å². The quantitative estimate of drug-likeness (QED) is 0.798. The molecule has 1 aliphatic heterocycles. The second-order valence-corrected chi connectivity index (χ2v) is 5.36. The standard InChI is InChI=1S/C13H18N2O3S/c1-17-7-6-14-12(16)11-3-2-5-15-13(11)18-10-4-8-19-9-10/h2-3,5,10H,4,6-9H2,1H3,(H,14,16). The zero-order chi connectivity index (χ0) is 13.5. The molecule has 2 heterocycles. The Morgan fingerprint density at radius 3 is 3.26 bits per heavy atom. The average molecular weight is 282 g/mol. The number of amides is 1. The molecule has 1 atom stereocenters. The number of aromatic nitrogens is 1. The lowest BCUT2D eigenvalue weighted by Crippen LogP contribution is -2.28. The van der Waals surface area contributed by atoms with Crippen LogP contribution in [0.15, 0.2) is 18.3 Å². The van der Waals surface area contributed by atoms with Crippen molar-refractivity contribution in [2.75, 3.05) is 31.8 Å². The Hall–Kier alpha value is -1.27. The van der Waals surface area contributed by atoms with Crippen molar-refractivity contribution < 1.29 is 14.3 Å². The highest BCUT2D eigenvalue weighted by molar-refractivity contribution is 7.99. The first-order valence-electron chi connectivity index (χ1n) is 6.28. The van der Waals surface area contributed by atoms with E-state index in [-0.39, 0.29) is 12.0 Å². The molecule has 104 valence electrons. The number of hydrogen-bond donors (Lipinski definition) is 1. The third-order valence-corrected chi connectivity index (χ3v) is 3.91. The van der Waals surface area contributed by atoms with Crippen LogP contribution in [0.3, 0.4) is 0 Å². The van der Waals surface area contributed by atoms with Gasteiger partial charge in [-0.25, -0.2) is 4.98 Å². The monoisotopic (exact) mass is 282 g/mol. The summed E-state index contributed by atoms with van der Waals surface area (Å²) in [7, 11) is 1.60. The maximum atomic E-state index is 12.0. The van der Waals surface area contributed by atoms with E-state index in [2.05, 4.69) is 10.3 Å². The molecule has 1 aromatic heterocycles. The summed E-state index contributed by atoms with van der Waals surface area (Å²) in [5.74, 6) is 2.31. The average Bonchev–Trinajstić information content (AvgIpc) is 2.92. The van der Waals surface area contributed by atoms with Crippen molar-refractivity contribution >= 4 is 17.7 Å². The molecule has 5 nitrogen and oxygen atoms in total. The number of carbonyl (C=O) groups is 1. The van der Waals surface area contributed by atoms with Gasteiger partial charge in [0.25, 0.3) is 5.91 Å². The van der Waals surface area contributed by atoms with Crippen LogP contribution in [-0.4, -0.2) is 48.8 Å². The molecule has 1 fully saturated rings. The molecule has 1 amide bonds. The van der Waals surface area contributed by atoms with Crippen LogP contribution in [-0.2, 0) is 4.74 Å². The van der Waals surface area contributed by atoms with E-state index in [1.54, 1.807) is 25.4 Å². The molecule has 6 heteroatoms. The smallest absolute Gasteiger partial charge is 0.256 e. The summed E-state index contributed by atoms with van der Waals surface area (Å²) in [4.78, 5) is 16.2. The number of nitrogens with one attached hydrogen (secondary N) is 1. The lowest BCUT2D eigenvalue weighted by molar-refractivity contribution is 0.0929. The Morgan fingerprint density at radius 2 is 2.53 bits per heavy atom. The summed E-state index contributed by atoms with van der Waals surface area (Å²) in [6.45, 7) is 0.963. The largest absolute Gasteiger partial charge is 0.473 e. The molecule has 0 aliphatic carbocycles. The van der Waals surface area contributed by atoms with Crippen molar-refractivity contribution in [1.82, 2.24) is 10.3 Å². The number of pyridine rings is 1. The molecule has 19 heavy (non-hydrogen) atoms. The zero-order valence-electron chi connectivity index (χ0n) is 10.9. The van der Waals surface area contributed by atoms with Gasteiger partial charge in [0.15, 0.2) is 0 Å². The summed E-state index contributed by atoms with van der Waals surface area (Å²) in [5.41, 5.74) is 0.482. The minimum Gasteiger partial charge on any atom is -0.473 e. The van der Waals surface area contributed by atoms with Crippen LogP contribution in [0.25, 0.3) is 0 Å². The lowest BCUT2D eigenvalue weighted by Gasteiger charge is -2.14. The van der Waals surface area contributed by atoms with Crippen LogP contribution in [0, 0.1) is 0 Å². The number of methoxy groups -OCH3 is 1. The van der Waals surface area contributed by atoms with Crippen LogP contribution in [0.1, 0.15) is 16.8 Å². The van der Waals surface area contributed by atoms with Crippen molar-refractivity contribution in [3.05, 3.63) is 23.9 Å². The number of carbonyl (C=O) groups excluding carboxylic acids is 1. The molecule has 1 unspecified atom stereocenters. The molecule has 2 rings (SSSR count). The topological polar surface area (TPSA) is 60.5 Å². The van der Waals surface area contributed by atoms with Crippen molar-refractivity contribution in [2.45, 2.75) is 12.5 Å². The fourth-order valence-corrected chi connectivity index (χ4v) is 2.88. The van der Waals surface area contributed by atoms with E-state index < -0.39 is 0 Å². The Bertz CT molecular complexity index is 422. The Labute approximate surface area is 117 Å². The van der Waals surface area contributed by atoms with Crippen LogP contribution in [0.5, 0.6) is 5.88 Å². The van der Waals surface area contributed by atoms with Crippen LogP contribution >= 0.6 is 11.8 Å². The molecule has 1 saturated heterocycles. The summed E-state index contributed by atoms with van der Waals surface area (Å²) in [6.07, 6.45) is 2.81. The minimum absolute atomic E-state index is 0.158.